The van der Waals surface area contributed by atoms with Gasteiger partial charge < -0.3 is 10.6 Å². The fourth-order valence-electron chi connectivity index (χ4n) is 3.07. The van der Waals surface area contributed by atoms with Crippen LogP contribution in [0.5, 0.6) is 0 Å². The molecular weight excluding hydrogens is 295 g/mol. The van der Waals surface area contributed by atoms with E-state index in [1.165, 1.54) is 6.07 Å². The molecular formula is C17H21FN4O. The predicted octanol–water partition coefficient (Wildman–Crippen LogP) is 1.49. The first-order chi connectivity index (χ1) is 11.0. The first kappa shape index (κ1) is 15.7. The minimum Gasteiger partial charge on any atom is -0.352 e. The molecule has 6 heteroatoms. The molecule has 0 unspecified atom stereocenters. The van der Waals surface area contributed by atoms with Gasteiger partial charge in [0.2, 0.25) is 5.91 Å². The van der Waals surface area contributed by atoms with Crippen LogP contribution < -0.4 is 10.6 Å². The molecule has 2 heterocycles. The van der Waals surface area contributed by atoms with Gasteiger partial charge in [-0.05, 0) is 29.7 Å². The maximum absolute atomic E-state index is 13.3. The van der Waals surface area contributed by atoms with Crippen molar-refractivity contribution in [3.8, 4) is 0 Å². The Morgan fingerprint density at radius 1 is 1.48 bits per heavy atom. The highest BCUT2D eigenvalue weighted by atomic mass is 19.1. The van der Waals surface area contributed by atoms with Crippen molar-refractivity contribution in [1.82, 2.24) is 20.4 Å². The van der Waals surface area contributed by atoms with Crippen LogP contribution in [-0.4, -0.2) is 28.8 Å². The number of carbonyl (C=O) groups is 1. The molecule has 1 aliphatic heterocycles. The third-order valence-corrected chi connectivity index (χ3v) is 4.39. The van der Waals surface area contributed by atoms with Crippen LogP contribution in [0.25, 0.3) is 0 Å². The molecule has 0 spiro atoms. The minimum atomic E-state index is -0.225. The Labute approximate surface area is 134 Å². The summed E-state index contributed by atoms with van der Waals surface area (Å²) in [6.45, 7) is 3.57. The Kier molecular flexibility index (Phi) is 4.43. The van der Waals surface area contributed by atoms with E-state index in [2.05, 4.69) is 15.7 Å². The van der Waals surface area contributed by atoms with Gasteiger partial charge in [0.25, 0.3) is 0 Å². The summed E-state index contributed by atoms with van der Waals surface area (Å²) >= 11 is 0. The number of rotatable bonds is 4. The van der Waals surface area contributed by atoms with Crippen molar-refractivity contribution in [2.45, 2.75) is 19.4 Å². The molecule has 23 heavy (non-hydrogen) atoms. The molecule has 1 saturated heterocycles. The Bertz CT molecular complexity index is 712. The highest BCUT2D eigenvalue weighted by Crippen LogP contribution is 2.27. The number of aromatic nitrogens is 2. The van der Waals surface area contributed by atoms with Gasteiger partial charge in [0.15, 0.2) is 0 Å². The molecule has 2 atom stereocenters. The van der Waals surface area contributed by atoms with E-state index in [0.29, 0.717) is 18.7 Å². The zero-order valence-corrected chi connectivity index (χ0v) is 13.3. The molecule has 1 amide bonds. The van der Waals surface area contributed by atoms with Gasteiger partial charge in [-0.2, -0.15) is 5.10 Å². The van der Waals surface area contributed by atoms with Crippen LogP contribution in [0, 0.1) is 18.7 Å². The van der Waals surface area contributed by atoms with E-state index < -0.39 is 0 Å². The van der Waals surface area contributed by atoms with Crippen molar-refractivity contribution in [2.24, 2.45) is 13.0 Å². The molecule has 1 aromatic carbocycles. The molecule has 122 valence electrons. The lowest BCUT2D eigenvalue weighted by atomic mass is 9.90. The van der Waals surface area contributed by atoms with Crippen LogP contribution in [0.3, 0.4) is 0 Å². The number of nitrogens with zero attached hydrogens (tertiary/aromatic N) is 2. The van der Waals surface area contributed by atoms with Crippen molar-refractivity contribution in [2.75, 3.05) is 13.1 Å². The Hall–Kier alpha value is -2.21. The largest absolute Gasteiger partial charge is 0.352 e. The van der Waals surface area contributed by atoms with Gasteiger partial charge in [0, 0.05) is 38.8 Å². The van der Waals surface area contributed by atoms with Gasteiger partial charge in [-0.3, -0.25) is 9.48 Å². The molecule has 0 saturated carbocycles. The van der Waals surface area contributed by atoms with Crippen molar-refractivity contribution in [1.29, 1.82) is 0 Å². The van der Waals surface area contributed by atoms with Crippen molar-refractivity contribution in [3.63, 3.8) is 0 Å². The SMILES string of the molecule is Cc1cc(CNC(=O)[C@H]2CNC[C@@H]2c2cnn(C)c2)ccc1F. The molecule has 0 radical (unpaired) electrons. The highest BCUT2D eigenvalue weighted by molar-refractivity contribution is 5.80. The van der Waals surface area contributed by atoms with E-state index in [1.54, 1.807) is 23.7 Å². The van der Waals surface area contributed by atoms with Crippen molar-refractivity contribution >= 4 is 5.91 Å². The molecule has 0 aliphatic carbocycles. The van der Waals surface area contributed by atoms with Gasteiger partial charge in [0.1, 0.15) is 5.82 Å². The van der Waals surface area contributed by atoms with E-state index in [-0.39, 0.29) is 23.6 Å². The molecule has 2 N–H and O–H groups in total. The van der Waals surface area contributed by atoms with Crippen LogP contribution in [0.15, 0.2) is 30.6 Å². The number of hydrogen-bond donors (Lipinski definition) is 2. The fourth-order valence-corrected chi connectivity index (χ4v) is 3.07. The molecule has 3 rings (SSSR count). The summed E-state index contributed by atoms with van der Waals surface area (Å²) in [5.74, 6) is -0.179. The first-order valence-corrected chi connectivity index (χ1v) is 7.76. The summed E-state index contributed by atoms with van der Waals surface area (Å²) in [6, 6.07) is 4.90. The predicted molar refractivity (Wildman–Crippen MR) is 85.3 cm³/mol. The molecule has 5 nitrogen and oxygen atoms in total. The van der Waals surface area contributed by atoms with Crippen LogP contribution in [0.2, 0.25) is 0 Å². The Morgan fingerprint density at radius 3 is 3.00 bits per heavy atom. The molecule has 1 fully saturated rings. The minimum absolute atomic E-state index is 0.0193. The number of amides is 1. The van der Waals surface area contributed by atoms with Gasteiger partial charge >= 0.3 is 0 Å². The Morgan fingerprint density at radius 2 is 2.30 bits per heavy atom. The number of hydrogen-bond acceptors (Lipinski definition) is 3. The monoisotopic (exact) mass is 316 g/mol. The van der Waals surface area contributed by atoms with E-state index in [0.717, 1.165) is 17.7 Å². The van der Waals surface area contributed by atoms with Gasteiger partial charge in [0.05, 0.1) is 12.1 Å². The second-order valence-corrected chi connectivity index (χ2v) is 6.12. The second-order valence-electron chi connectivity index (χ2n) is 6.12. The summed E-state index contributed by atoms with van der Waals surface area (Å²) in [4.78, 5) is 12.5. The normalized spacial score (nSPS) is 20.7. The van der Waals surface area contributed by atoms with Gasteiger partial charge in [-0.1, -0.05) is 12.1 Å². The number of nitrogens with one attached hydrogen (secondary N) is 2. The zero-order chi connectivity index (χ0) is 16.4. The van der Waals surface area contributed by atoms with Crippen molar-refractivity contribution < 1.29 is 9.18 Å². The molecule has 2 aromatic rings. The van der Waals surface area contributed by atoms with E-state index >= 15 is 0 Å². The summed E-state index contributed by atoms with van der Waals surface area (Å²) in [5.41, 5.74) is 2.57. The quantitative estimate of drug-likeness (QED) is 0.898. The van der Waals surface area contributed by atoms with Crippen molar-refractivity contribution in [3.05, 3.63) is 53.1 Å². The smallest absolute Gasteiger partial charge is 0.225 e. The maximum Gasteiger partial charge on any atom is 0.225 e. The third kappa shape index (κ3) is 3.42. The number of aryl methyl sites for hydroxylation is 2. The average molecular weight is 316 g/mol. The van der Waals surface area contributed by atoms with Crippen LogP contribution in [0.4, 0.5) is 4.39 Å². The summed E-state index contributed by atoms with van der Waals surface area (Å²) in [6.07, 6.45) is 3.78. The third-order valence-electron chi connectivity index (χ3n) is 4.39. The highest BCUT2D eigenvalue weighted by Gasteiger charge is 2.34. The van der Waals surface area contributed by atoms with E-state index in [1.807, 2.05) is 19.4 Å². The number of benzene rings is 1. The first-order valence-electron chi connectivity index (χ1n) is 7.76. The summed E-state index contributed by atoms with van der Waals surface area (Å²) in [7, 11) is 1.87. The van der Waals surface area contributed by atoms with Crippen LogP contribution >= 0.6 is 0 Å². The van der Waals surface area contributed by atoms with Crippen LogP contribution in [0.1, 0.15) is 22.6 Å². The molecule has 1 aliphatic rings. The van der Waals surface area contributed by atoms with Crippen LogP contribution in [-0.2, 0) is 18.4 Å². The summed E-state index contributed by atoms with van der Waals surface area (Å²) < 4.78 is 15.0. The number of halogens is 1. The lowest BCUT2D eigenvalue weighted by molar-refractivity contribution is -0.125. The molecule has 1 aromatic heterocycles. The second kappa shape index (κ2) is 6.50. The lowest BCUT2D eigenvalue weighted by Gasteiger charge is -2.17. The Balaban J connectivity index is 1.64. The summed E-state index contributed by atoms with van der Waals surface area (Å²) in [5, 5.41) is 10.4. The fraction of sp³-hybridized carbons (Fsp3) is 0.412. The average Bonchev–Trinajstić information content (AvgIpc) is 3.16. The van der Waals surface area contributed by atoms with E-state index in [4.69, 9.17) is 0 Å². The van der Waals surface area contributed by atoms with E-state index in [9.17, 15) is 9.18 Å². The topological polar surface area (TPSA) is 59.0 Å². The standard InChI is InChI=1S/C17H21FN4O/c1-11-5-12(3-4-16(11)18)6-20-17(23)15-9-19-8-14(15)13-7-21-22(2)10-13/h3-5,7,10,14-15,19H,6,8-9H2,1-2H3,(H,20,23)/t14-,15+/m1/s1. The lowest BCUT2D eigenvalue weighted by Crippen LogP contribution is -2.34. The zero-order valence-electron chi connectivity index (χ0n) is 13.3. The number of carbonyl (C=O) groups excluding carboxylic acids is 1. The van der Waals surface area contributed by atoms with Gasteiger partial charge in [-0.15, -0.1) is 0 Å². The molecule has 0 bridgehead atoms. The van der Waals surface area contributed by atoms with Gasteiger partial charge in [-0.25, -0.2) is 4.39 Å². The maximum atomic E-state index is 13.3.